The summed E-state index contributed by atoms with van der Waals surface area (Å²) in [7, 11) is 0. The van der Waals surface area contributed by atoms with Crippen molar-refractivity contribution in [3.63, 3.8) is 0 Å². The summed E-state index contributed by atoms with van der Waals surface area (Å²) in [5.74, 6) is -0.939. The Morgan fingerprint density at radius 3 is 2.68 bits per heavy atom. The number of ether oxygens (including phenoxy) is 1. The summed E-state index contributed by atoms with van der Waals surface area (Å²) < 4.78 is 6.03. The van der Waals surface area contributed by atoms with Crippen molar-refractivity contribution >= 4 is 40.1 Å². The highest BCUT2D eigenvalue weighted by Crippen LogP contribution is 2.23. The molecular formula is C20H18ClN3O4. The van der Waals surface area contributed by atoms with E-state index in [1.54, 1.807) is 43.3 Å². The number of hydrogen-bond acceptors (Lipinski definition) is 5. The molecule has 1 unspecified atom stereocenters. The molecule has 3 aromatic rings. The maximum Gasteiger partial charge on any atom is 0.326 e. The average molecular weight is 400 g/mol. The molecule has 8 heteroatoms. The number of alkyl halides is 1. The van der Waals surface area contributed by atoms with Crippen LogP contribution in [0.3, 0.4) is 0 Å². The van der Waals surface area contributed by atoms with Gasteiger partial charge in [0.15, 0.2) is 0 Å². The molecule has 0 aliphatic carbocycles. The molecule has 0 bridgehead atoms. The number of fused-ring (bicyclic) bond motifs is 1. The van der Waals surface area contributed by atoms with Crippen molar-refractivity contribution in [2.24, 2.45) is 0 Å². The minimum Gasteiger partial charge on any atom is -0.465 e. The molecule has 0 aliphatic heterocycles. The average Bonchev–Trinajstić information content (AvgIpc) is 2.70. The predicted molar refractivity (Wildman–Crippen MR) is 106 cm³/mol. The molecule has 0 saturated carbocycles. The van der Waals surface area contributed by atoms with E-state index in [9.17, 15) is 14.4 Å². The van der Waals surface area contributed by atoms with Crippen LogP contribution >= 0.6 is 11.6 Å². The first-order chi connectivity index (χ1) is 13.5. The van der Waals surface area contributed by atoms with Crippen LogP contribution in [0.1, 0.15) is 17.9 Å². The third-order valence-electron chi connectivity index (χ3n) is 4.02. The monoisotopic (exact) mass is 399 g/mol. The summed E-state index contributed by atoms with van der Waals surface area (Å²) in [5, 5.41) is 2.11. The lowest BCUT2D eigenvalue weighted by molar-refractivity contribution is -0.143. The number of benzene rings is 2. The minimum atomic E-state index is -0.869. The Hall–Kier alpha value is -3.19. The van der Waals surface area contributed by atoms with Crippen molar-refractivity contribution in [3.8, 4) is 0 Å². The number of nitrogens with zero attached hydrogens (tertiary/aromatic N) is 2. The second-order valence-corrected chi connectivity index (χ2v) is 6.41. The van der Waals surface area contributed by atoms with Gasteiger partial charge in [0, 0.05) is 5.69 Å². The Kier molecular flexibility index (Phi) is 6.06. The number of hydrogen-bond donors (Lipinski definition) is 1. The zero-order valence-corrected chi connectivity index (χ0v) is 15.8. The van der Waals surface area contributed by atoms with E-state index in [1.165, 1.54) is 17.0 Å². The highest BCUT2D eigenvalue weighted by atomic mass is 35.5. The highest BCUT2D eigenvalue weighted by Gasteiger charge is 2.18. The van der Waals surface area contributed by atoms with Crippen molar-refractivity contribution in [2.75, 3.05) is 11.9 Å². The number of aromatic nitrogens is 2. The fourth-order valence-corrected chi connectivity index (χ4v) is 2.87. The molecule has 0 aliphatic rings. The van der Waals surface area contributed by atoms with Gasteiger partial charge in [-0.25, -0.2) is 4.98 Å². The van der Waals surface area contributed by atoms with E-state index in [4.69, 9.17) is 16.3 Å². The third kappa shape index (κ3) is 4.37. The van der Waals surface area contributed by atoms with Crippen LogP contribution in [0.15, 0.2) is 59.7 Å². The van der Waals surface area contributed by atoms with Crippen molar-refractivity contribution in [2.45, 2.75) is 18.8 Å². The molecule has 1 atom stereocenters. The molecule has 7 nitrogen and oxygen atoms in total. The van der Waals surface area contributed by atoms with Gasteiger partial charge in [-0.1, -0.05) is 30.3 Å². The molecule has 28 heavy (non-hydrogen) atoms. The van der Waals surface area contributed by atoms with Crippen LogP contribution in [0.4, 0.5) is 5.69 Å². The first-order valence-corrected chi connectivity index (χ1v) is 9.08. The molecule has 3 rings (SSSR count). The maximum absolute atomic E-state index is 12.6. The van der Waals surface area contributed by atoms with Crippen LogP contribution < -0.4 is 10.9 Å². The molecular weight excluding hydrogens is 382 g/mol. The third-order valence-corrected chi connectivity index (χ3v) is 4.47. The number of amides is 1. The van der Waals surface area contributed by atoms with Gasteiger partial charge in [-0.15, -0.1) is 11.6 Å². The SMILES string of the molecule is CCOC(=O)Cn1cnc2ccc(NC(=O)C(Cl)c3ccccc3)cc2c1=O. The molecule has 0 radical (unpaired) electrons. The minimum absolute atomic E-state index is 0.228. The van der Waals surface area contributed by atoms with Gasteiger partial charge in [-0.2, -0.15) is 0 Å². The lowest BCUT2D eigenvalue weighted by Gasteiger charge is -2.12. The Balaban J connectivity index is 1.84. The van der Waals surface area contributed by atoms with Gasteiger partial charge >= 0.3 is 5.97 Å². The number of esters is 1. The summed E-state index contributed by atoms with van der Waals surface area (Å²) in [4.78, 5) is 40.9. The predicted octanol–water partition coefficient (Wildman–Crippen LogP) is 2.88. The van der Waals surface area contributed by atoms with Gasteiger partial charge in [0.2, 0.25) is 5.91 Å². The fourth-order valence-electron chi connectivity index (χ4n) is 2.67. The molecule has 0 spiro atoms. The lowest BCUT2D eigenvalue weighted by Crippen LogP contribution is -2.26. The normalized spacial score (nSPS) is 11.8. The van der Waals surface area contributed by atoms with Crippen LogP contribution in [0.25, 0.3) is 10.9 Å². The molecule has 0 saturated heterocycles. The van der Waals surface area contributed by atoms with Crippen LogP contribution in [-0.2, 0) is 20.9 Å². The summed E-state index contributed by atoms with van der Waals surface area (Å²) >= 11 is 6.23. The summed E-state index contributed by atoms with van der Waals surface area (Å²) in [6.45, 7) is 1.68. The zero-order chi connectivity index (χ0) is 20.1. The van der Waals surface area contributed by atoms with Crippen molar-refractivity contribution in [1.82, 2.24) is 9.55 Å². The van der Waals surface area contributed by atoms with Gasteiger partial charge in [0.1, 0.15) is 11.9 Å². The second-order valence-electron chi connectivity index (χ2n) is 5.98. The number of carbonyl (C=O) groups excluding carboxylic acids is 2. The molecule has 1 N–H and O–H groups in total. The Morgan fingerprint density at radius 2 is 1.96 bits per heavy atom. The van der Waals surface area contributed by atoms with E-state index < -0.39 is 22.8 Å². The number of carbonyl (C=O) groups is 2. The van der Waals surface area contributed by atoms with E-state index in [2.05, 4.69) is 10.3 Å². The Labute approximate surface area is 165 Å². The second kappa shape index (κ2) is 8.67. The first kappa shape index (κ1) is 19.6. The molecule has 1 heterocycles. The molecule has 144 valence electrons. The number of halogens is 1. The summed E-state index contributed by atoms with van der Waals surface area (Å²) in [6.07, 6.45) is 1.30. The van der Waals surface area contributed by atoms with Gasteiger partial charge in [-0.05, 0) is 30.7 Å². The van der Waals surface area contributed by atoms with E-state index in [-0.39, 0.29) is 18.5 Å². The van der Waals surface area contributed by atoms with Crippen molar-refractivity contribution in [1.29, 1.82) is 0 Å². The Bertz CT molecular complexity index is 1070. The van der Waals surface area contributed by atoms with E-state index in [0.717, 1.165) is 0 Å². The quantitative estimate of drug-likeness (QED) is 0.508. The van der Waals surface area contributed by atoms with Crippen LogP contribution in [0.5, 0.6) is 0 Å². The molecule has 2 aromatic carbocycles. The first-order valence-electron chi connectivity index (χ1n) is 8.64. The summed E-state index contributed by atoms with van der Waals surface area (Å²) in [5.41, 5.74) is 1.13. The van der Waals surface area contributed by atoms with E-state index >= 15 is 0 Å². The largest absolute Gasteiger partial charge is 0.465 e. The van der Waals surface area contributed by atoms with Gasteiger partial charge in [0.25, 0.3) is 5.56 Å². The molecule has 1 aromatic heterocycles. The molecule has 1 amide bonds. The zero-order valence-electron chi connectivity index (χ0n) is 15.1. The number of anilines is 1. The number of rotatable bonds is 6. The van der Waals surface area contributed by atoms with Gasteiger partial charge < -0.3 is 10.1 Å². The van der Waals surface area contributed by atoms with Crippen molar-refractivity contribution in [3.05, 3.63) is 70.8 Å². The standard InChI is InChI=1S/C20H18ClN3O4/c1-2-28-17(25)11-24-12-22-16-9-8-14(10-15(16)20(24)27)23-19(26)18(21)13-6-4-3-5-7-13/h3-10,12,18H,2,11H2,1H3,(H,23,26). The topological polar surface area (TPSA) is 90.3 Å². The van der Waals surface area contributed by atoms with Crippen LogP contribution in [-0.4, -0.2) is 28.0 Å². The van der Waals surface area contributed by atoms with Gasteiger partial charge in [0.05, 0.1) is 23.8 Å². The van der Waals surface area contributed by atoms with Crippen molar-refractivity contribution < 1.29 is 14.3 Å². The number of nitrogens with one attached hydrogen (secondary N) is 1. The van der Waals surface area contributed by atoms with Crippen LogP contribution in [0.2, 0.25) is 0 Å². The summed E-state index contributed by atoms with van der Waals surface area (Å²) in [6, 6.07) is 13.7. The lowest BCUT2D eigenvalue weighted by atomic mass is 10.1. The van der Waals surface area contributed by atoms with Gasteiger partial charge in [-0.3, -0.25) is 19.0 Å². The van der Waals surface area contributed by atoms with E-state index in [1.807, 2.05) is 6.07 Å². The Morgan fingerprint density at radius 1 is 1.21 bits per heavy atom. The van der Waals surface area contributed by atoms with Crippen LogP contribution in [0, 0.1) is 0 Å². The fraction of sp³-hybridized carbons (Fsp3) is 0.200. The highest BCUT2D eigenvalue weighted by molar-refractivity contribution is 6.32. The molecule has 0 fully saturated rings. The van der Waals surface area contributed by atoms with E-state index in [0.29, 0.717) is 16.8 Å². The smallest absolute Gasteiger partial charge is 0.326 e. The maximum atomic E-state index is 12.6.